The van der Waals surface area contributed by atoms with E-state index >= 15 is 0 Å². The van der Waals surface area contributed by atoms with Gasteiger partial charge in [0.25, 0.3) is 0 Å². The van der Waals surface area contributed by atoms with Gasteiger partial charge >= 0.3 is 0 Å². The van der Waals surface area contributed by atoms with Gasteiger partial charge < -0.3 is 4.57 Å². The van der Waals surface area contributed by atoms with Gasteiger partial charge in [-0.1, -0.05) is 30.3 Å². The zero-order valence-corrected chi connectivity index (χ0v) is 18.1. The Morgan fingerprint density at radius 3 is 2.61 bits per heavy atom. The first-order valence-electron chi connectivity index (χ1n) is 9.63. The first kappa shape index (κ1) is 19.6. The van der Waals surface area contributed by atoms with Crippen LogP contribution in [0.4, 0.5) is 0 Å². The summed E-state index contributed by atoms with van der Waals surface area (Å²) in [6.07, 6.45) is 6.35. The van der Waals surface area contributed by atoms with Crippen LogP contribution >= 0.6 is 15.9 Å². The SMILES string of the molecule is O=S(=O)(CCc1ccccc1)N1CCC(Cn2ccc3cc(Br)ncc32)CC1. The van der Waals surface area contributed by atoms with Gasteiger partial charge in [-0.25, -0.2) is 17.7 Å². The number of fused-ring (bicyclic) bond motifs is 1. The molecule has 3 heterocycles. The Bertz CT molecular complexity index is 1040. The largest absolute Gasteiger partial charge is 0.346 e. The average Bonchev–Trinajstić information content (AvgIpc) is 3.09. The van der Waals surface area contributed by atoms with Crippen LogP contribution in [0.25, 0.3) is 10.9 Å². The van der Waals surface area contributed by atoms with Crippen molar-refractivity contribution in [2.75, 3.05) is 18.8 Å². The van der Waals surface area contributed by atoms with Crippen LogP contribution in [0, 0.1) is 5.92 Å². The highest BCUT2D eigenvalue weighted by Gasteiger charge is 2.28. The number of rotatable bonds is 6. The highest BCUT2D eigenvalue weighted by molar-refractivity contribution is 9.10. The number of nitrogens with zero attached hydrogens (tertiary/aromatic N) is 3. The molecule has 2 aromatic heterocycles. The zero-order chi connectivity index (χ0) is 19.6. The van der Waals surface area contributed by atoms with Crippen LogP contribution < -0.4 is 0 Å². The summed E-state index contributed by atoms with van der Waals surface area (Å²) in [6.45, 7) is 2.14. The van der Waals surface area contributed by atoms with E-state index in [4.69, 9.17) is 0 Å². The zero-order valence-electron chi connectivity index (χ0n) is 15.7. The molecule has 148 valence electrons. The molecule has 0 N–H and O–H groups in total. The molecule has 1 aliphatic heterocycles. The fourth-order valence-electron chi connectivity index (χ4n) is 3.89. The van der Waals surface area contributed by atoms with E-state index in [9.17, 15) is 8.42 Å². The lowest BCUT2D eigenvalue weighted by Crippen LogP contribution is -2.40. The molecule has 0 amide bonds. The molecule has 1 aromatic carbocycles. The maximum absolute atomic E-state index is 12.7. The van der Waals surface area contributed by atoms with Crippen molar-refractivity contribution in [3.63, 3.8) is 0 Å². The Morgan fingerprint density at radius 2 is 1.86 bits per heavy atom. The summed E-state index contributed by atoms with van der Waals surface area (Å²) in [5.41, 5.74) is 2.20. The van der Waals surface area contributed by atoms with Crippen molar-refractivity contribution in [3.8, 4) is 0 Å². The Kier molecular flexibility index (Phi) is 5.85. The van der Waals surface area contributed by atoms with Crippen molar-refractivity contribution in [3.05, 3.63) is 65.0 Å². The van der Waals surface area contributed by atoms with Gasteiger partial charge in [-0.05, 0) is 58.8 Å². The summed E-state index contributed by atoms with van der Waals surface area (Å²) in [6, 6.07) is 13.9. The summed E-state index contributed by atoms with van der Waals surface area (Å²) in [5.74, 6) is 0.671. The molecule has 1 fully saturated rings. The summed E-state index contributed by atoms with van der Waals surface area (Å²) < 4.78 is 30.1. The van der Waals surface area contributed by atoms with Crippen LogP contribution in [0.3, 0.4) is 0 Å². The van der Waals surface area contributed by atoms with Gasteiger partial charge in [0.15, 0.2) is 0 Å². The van der Waals surface area contributed by atoms with Gasteiger partial charge in [-0.15, -0.1) is 0 Å². The molecule has 0 unspecified atom stereocenters. The van der Waals surface area contributed by atoms with E-state index in [2.05, 4.69) is 37.7 Å². The van der Waals surface area contributed by atoms with Gasteiger partial charge in [0.05, 0.1) is 17.5 Å². The molecule has 0 bridgehead atoms. The average molecular weight is 462 g/mol. The topological polar surface area (TPSA) is 55.2 Å². The molecule has 3 aromatic rings. The minimum absolute atomic E-state index is 0.185. The maximum atomic E-state index is 12.7. The number of hydrogen-bond donors (Lipinski definition) is 0. The van der Waals surface area contributed by atoms with E-state index in [1.165, 1.54) is 5.39 Å². The molecular weight excluding hydrogens is 438 g/mol. The molecule has 0 spiro atoms. The number of pyridine rings is 1. The summed E-state index contributed by atoms with van der Waals surface area (Å²) in [4.78, 5) is 4.33. The molecule has 5 nitrogen and oxygen atoms in total. The summed E-state index contributed by atoms with van der Waals surface area (Å²) in [7, 11) is -3.20. The predicted molar refractivity (Wildman–Crippen MR) is 116 cm³/mol. The molecule has 7 heteroatoms. The molecule has 1 saturated heterocycles. The first-order chi connectivity index (χ1) is 13.5. The van der Waals surface area contributed by atoms with E-state index in [1.54, 1.807) is 4.31 Å². The van der Waals surface area contributed by atoms with Crippen molar-refractivity contribution < 1.29 is 8.42 Å². The number of sulfonamides is 1. The van der Waals surface area contributed by atoms with Crippen molar-refractivity contribution in [2.24, 2.45) is 5.92 Å². The minimum atomic E-state index is -3.20. The predicted octanol–water partition coefficient (Wildman–Crippen LogP) is 4.08. The first-order valence-corrected chi connectivity index (χ1v) is 12.0. The molecule has 28 heavy (non-hydrogen) atoms. The van der Waals surface area contributed by atoms with E-state index in [-0.39, 0.29) is 5.75 Å². The number of piperidine rings is 1. The minimum Gasteiger partial charge on any atom is -0.346 e. The maximum Gasteiger partial charge on any atom is 0.214 e. The molecular formula is C21H24BrN3O2S. The van der Waals surface area contributed by atoms with Crippen LogP contribution in [0.5, 0.6) is 0 Å². The van der Waals surface area contributed by atoms with Crippen LogP contribution in [0.2, 0.25) is 0 Å². The van der Waals surface area contributed by atoms with Crippen LogP contribution in [0.15, 0.2) is 59.5 Å². The van der Waals surface area contributed by atoms with Crippen LogP contribution in [-0.4, -0.2) is 41.1 Å². The number of aromatic nitrogens is 2. The van der Waals surface area contributed by atoms with Gasteiger partial charge in [0, 0.05) is 31.2 Å². The quantitative estimate of drug-likeness (QED) is 0.519. The monoisotopic (exact) mass is 461 g/mol. The molecule has 0 saturated carbocycles. The molecule has 0 radical (unpaired) electrons. The fraction of sp³-hybridized carbons (Fsp3) is 0.381. The van der Waals surface area contributed by atoms with Crippen molar-refractivity contribution in [2.45, 2.75) is 25.8 Å². The molecule has 1 aliphatic rings. The lowest BCUT2D eigenvalue weighted by atomic mass is 9.98. The Hall–Kier alpha value is -1.70. The van der Waals surface area contributed by atoms with Gasteiger partial charge in [0.1, 0.15) is 4.60 Å². The second-order valence-electron chi connectivity index (χ2n) is 7.43. The third-order valence-electron chi connectivity index (χ3n) is 5.54. The van der Waals surface area contributed by atoms with Crippen molar-refractivity contribution >= 4 is 36.9 Å². The smallest absolute Gasteiger partial charge is 0.214 e. The van der Waals surface area contributed by atoms with E-state index in [0.717, 1.165) is 35.1 Å². The fourth-order valence-corrected chi connectivity index (χ4v) is 5.76. The normalized spacial score (nSPS) is 16.6. The number of halogens is 1. The second kappa shape index (κ2) is 8.35. The van der Waals surface area contributed by atoms with E-state index in [1.807, 2.05) is 42.6 Å². The van der Waals surface area contributed by atoms with Gasteiger partial charge in [0.2, 0.25) is 10.0 Å². The Balaban J connectivity index is 1.33. The van der Waals surface area contributed by atoms with Crippen molar-refractivity contribution in [1.29, 1.82) is 0 Å². The number of aryl methyl sites for hydroxylation is 1. The highest BCUT2D eigenvalue weighted by Crippen LogP contribution is 2.25. The summed E-state index contributed by atoms with van der Waals surface area (Å²) in [5, 5.41) is 1.17. The van der Waals surface area contributed by atoms with E-state index in [0.29, 0.717) is 25.4 Å². The van der Waals surface area contributed by atoms with Crippen LogP contribution in [0.1, 0.15) is 18.4 Å². The lowest BCUT2D eigenvalue weighted by Gasteiger charge is -2.31. The lowest BCUT2D eigenvalue weighted by molar-refractivity contribution is 0.255. The van der Waals surface area contributed by atoms with E-state index < -0.39 is 10.0 Å². The summed E-state index contributed by atoms with van der Waals surface area (Å²) >= 11 is 3.41. The molecule has 4 rings (SSSR count). The highest BCUT2D eigenvalue weighted by atomic mass is 79.9. The third kappa shape index (κ3) is 4.47. The molecule has 0 atom stereocenters. The standard InChI is InChI=1S/C21H24BrN3O2S/c22-21-14-19-8-10-24(20(19)15-23-21)16-18-6-11-25(12-7-18)28(26,27)13-9-17-4-2-1-3-5-17/h1-5,8,10,14-15,18H,6-7,9,11-13,16H2. The molecule has 0 aliphatic carbocycles. The van der Waals surface area contributed by atoms with Crippen molar-refractivity contribution in [1.82, 2.24) is 13.9 Å². The van der Waals surface area contributed by atoms with Gasteiger partial charge in [-0.2, -0.15) is 0 Å². The van der Waals surface area contributed by atoms with Crippen LogP contribution in [-0.2, 0) is 23.0 Å². The third-order valence-corrected chi connectivity index (χ3v) is 7.84. The second-order valence-corrected chi connectivity index (χ2v) is 10.3. The number of hydrogen-bond acceptors (Lipinski definition) is 3. The Morgan fingerprint density at radius 1 is 1.11 bits per heavy atom. The number of benzene rings is 1. The Labute approximate surface area is 174 Å². The van der Waals surface area contributed by atoms with Gasteiger partial charge in [-0.3, -0.25) is 0 Å².